The summed E-state index contributed by atoms with van der Waals surface area (Å²) in [6, 6.07) is 14.7. The summed E-state index contributed by atoms with van der Waals surface area (Å²) in [6.45, 7) is 0.512. The van der Waals surface area contributed by atoms with Crippen molar-refractivity contribution >= 4 is 34.4 Å². The van der Waals surface area contributed by atoms with E-state index in [4.69, 9.17) is 16.3 Å². The molecule has 0 saturated carbocycles. The molecule has 2 heterocycles. The zero-order chi connectivity index (χ0) is 19.7. The molecule has 0 spiro atoms. The van der Waals surface area contributed by atoms with Gasteiger partial charge in [-0.05, 0) is 30.2 Å². The normalized spacial score (nSPS) is 18.9. The van der Waals surface area contributed by atoms with Gasteiger partial charge in [-0.3, -0.25) is 9.59 Å². The highest BCUT2D eigenvalue weighted by molar-refractivity contribution is 6.31. The number of benzene rings is 2. The van der Waals surface area contributed by atoms with Crippen molar-refractivity contribution in [1.82, 2.24) is 15.6 Å². The second-order valence-electron chi connectivity index (χ2n) is 6.82. The zero-order valence-corrected chi connectivity index (χ0v) is 16.0. The van der Waals surface area contributed by atoms with Gasteiger partial charge < -0.3 is 20.4 Å². The van der Waals surface area contributed by atoms with Gasteiger partial charge in [-0.15, -0.1) is 0 Å². The molecule has 4 rings (SSSR count). The summed E-state index contributed by atoms with van der Waals surface area (Å²) in [7, 11) is 1.36. The van der Waals surface area contributed by atoms with E-state index in [1.165, 1.54) is 7.11 Å². The van der Waals surface area contributed by atoms with Crippen LogP contribution in [0.15, 0.2) is 48.5 Å². The lowest BCUT2D eigenvalue weighted by atomic mass is 10.0. The molecule has 1 amide bonds. The molecule has 0 unspecified atom stereocenters. The highest BCUT2D eigenvalue weighted by Crippen LogP contribution is 2.34. The number of fused-ring (bicyclic) bond motifs is 1. The molecule has 0 radical (unpaired) electrons. The standard InChI is InChI=1S/C21H20ClN3O3/c1-28-21(27)17-10-14(11-23-17)24-20(26)19-18(12-5-3-2-4-6-12)15-9-13(22)7-8-16(15)25-19/h2-9,14,17,23,25H,10-11H2,1H3,(H,24,26)/t14-,17+/m1/s1. The van der Waals surface area contributed by atoms with Gasteiger partial charge in [0.1, 0.15) is 11.7 Å². The van der Waals surface area contributed by atoms with E-state index in [1.54, 1.807) is 6.07 Å². The Morgan fingerprint density at radius 1 is 1.18 bits per heavy atom. The van der Waals surface area contributed by atoms with Crippen LogP contribution in [0.1, 0.15) is 16.9 Å². The van der Waals surface area contributed by atoms with Gasteiger partial charge in [0.2, 0.25) is 0 Å². The number of esters is 1. The number of carbonyl (C=O) groups excluding carboxylic acids is 2. The minimum absolute atomic E-state index is 0.157. The number of aromatic amines is 1. The second-order valence-corrected chi connectivity index (χ2v) is 7.26. The molecule has 1 aromatic heterocycles. The first-order chi connectivity index (χ1) is 13.6. The Bertz CT molecular complexity index is 1030. The Morgan fingerprint density at radius 2 is 1.96 bits per heavy atom. The maximum absolute atomic E-state index is 13.1. The monoisotopic (exact) mass is 397 g/mol. The molecule has 1 saturated heterocycles. The summed E-state index contributed by atoms with van der Waals surface area (Å²) >= 11 is 6.20. The summed E-state index contributed by atoms with van der Waals surface area (Å²) in [5.74, 6) is -0.537. The van der Waals surface area contributed by atoms with Crippen LogP contribution in [0.3, 0.4) is 0 Å². The highest BCUT2D eigenvalue weighted by atomic mass is 35.5. The molecule has 1 aliphatic heterocycles. The average Bonchev–Trinajstić information content (AvgIpc) is 3.32. The lowest BCUT2D eigenvalue weighted by Crippen LogP contribution is -2.36. The number of carbonyl (C=O) groups is 2. The summed E-state index contributed by atoms with van der Waals surface area (Å²) in [4.78, 5) is 28.0. The Morgan fingerprint density at radius 3 is 2.71 bits per heavy atom. The van der Waals surface area contributed by atoms with Crippen molar-refractivity contribution in [2.24, 2.45) is 0 Å². The average molecular weight is 398 g/mol. The summed E-state index contributed by atoms with van der Waals surface area (Å²) < 4.78 is 4.77. The minimum atomic E-state index is -0.398. The first kappa shape index (κ1) is 18.5. The van der Waals surface area contributed by atoms with E-state index in [2.05, 4.69) is 15.6 Å². The van der Waals surface area contributed by atoms with Crippen LogP contribution in [0.25, 0.3) is 22.0 Å². The number of methoxy groups -OCH3 is 1. The molecule has 6 nitrogen and oxygen atoms in total. The number of hydrogen-bond acceptors (Lipinski definition) is 4. The van der Waals surface area contributed by atoms with Gasteiger partial charge in [0.05, 0.1) is 7.11 Å². The number of ether oxygens (including phenoxy) is 1. The van der Waals surface area contributed by atoms with Crippen LogP contribution in [0.2, 0.25) is 5.02 Å². The number of H-pyrrole nitrogens is 1. The molecule has 1 fully saturated rings. The van der Waals surface area contributed by atoms with Crippen molar-refractivity contribution in [3.63, 3.8) is 0 Å². The summed E-state index contributed by atoms with van der Waals surface area (Å²) in [5.41, 5.74) is 3.06. The highest BCUT2D eigenvalue weighted by Gasteiger charge is 2.32. The maximum Gasteiger partial charge on any atom is 0.322 e. The van der Waals surface area contributed by atoms with Gasteiger partial charge in [-0.1, -0.05) is 41.9 Å². The Labute approximate surface area is 167 Å². The van der Waals surface area contributed by atoms with Crippen molar-refractivity contribution in [2.75, 3.05) is 13.7 Å². The topological polar surface area (TPSA) is 83.2 Å². The molecule has 144 valence electrons. The second kappa shape index (κ2) is 7.66. The fourth-order valence-corrected chi connectivity index (χ4v) is 3.84. The predicted molar refractivity (Wildman–Crippen MR) is 108 cm³/mol. The molecule has 0 bridgehead atoms. The van der Waals surface area contributed by atoms with Gasteiger partial charge in [0.25, 0.3) is 5.91 Å². The van der Waals surface area contributed by atoms with Gasteiger partial charge in [0.15, 0.2) is 0 Å². The van der Waals surface area contributed by atoms with Crippen LogP contribution in [-0.4, -0.2) is 42.6 Å². The van der Waals surface area contributed by atoms with E-state index in [1.807, 2.05) is 42.5 Å². The molecular formula is C21H20ClN3O3. The fraction of sp³-hybridized carbons (Fsp3) is 0.238. The zero-order valence-electron chi connectivity index (χ0n) is 15.3. The Kier molecular flexibility index (Phi) is 5.07. The van der Waals surface area contributed by atoms with Crippen LogP contribution in [0.5, 0.6) is 0 Å². The molecule has 3 aromatic rings. The lowest BCUT2D eigenvalue weighted by molar-refractivity contribution is -0.142. The van der Waals surface area contributed by atoms with Crippen LogP contribution in [0.4, 0.5) is 0 Å². The van der Waals surface area contributed by atoms with E-state index in [-0.39, 0.29) is 17.9 Å². The maximum atomic E-state index is 13.1. The molecule has 2 atom stereocenters. The SMILES string of the molecule is COC(=O)[C@@H]1C[C@@H](NC(=O)c2[nH]c3ccc(Cl)cc3c2-c2ccccc2)CN1. The smallest absolute Gasteiger partial charge is 0.322 e. The largest absolute Gasteiger partial charge is 0.468 e. The molecular weight excluding hydrogens is 378 g/mol. The third-order valence-electron chi connectivity index (χ3n) is 5.00. The van der Waals surface area contributed by atoms with Gasteiger partial charge in [-0.25, -0.2) is 0 Å². The van der Waals surface area contributed by atoms with Crippen molar-refractivity contribution in [1.29, 1.82) is 0 Å². The number of nitrogens with one attached hydrogen (secondary N) is 3. The Hall–Kier alpha value is -2.83. The van der Waals surface area contributed by atoms with E-state index < -0.39 is 6.04 Å². The minimum Gasteiger partial charge on any atom is -0.468 e. The van der Waals surface area contributed by atoms with E-state index in [0.717, 1.165) is 22.0 Å². The Balaban J connectivity index is 1.67. The van der Waals surface area contributed by atoms with Gasteiger partial charge in [-0.2, -0.15) is 0 Å². The molecule has 3 N–H and O–H groups in total. The van der Waals surface area contributed by atoms with E-state index in [9.17, 15) is 9.59 Å². The number of rotatable bonds is 4. The van der Waals surface area contributed by atoms with Crippen molar-refractivity contribution in [2.45, 2.75) is 18.5 Å². The molecule has 2 aromatic carbocycles. The van der Waals surface area contributed by atoms with Crippen LogP contribution < -0.4 is 10.6 Å². The summed E-state index contributed by atoms with van der Waals surface area (Å²) in [5, 5.41) is 7.59. The number of aromatic nitrogens is 1. The van der Waals surface area contributed by atoms with Crippen LogP contribution in [-0.2, 0) is 9.53 Å². The van der Waals surface area contributed by atoms with Crippen molar-refractivity contribution < 1.29 is 14.3 Å². The van der Waals surface area contributed by atoms with E-state index in [0.29, 0.717) is 23.7 Å². The third-order valence-corrected chi connectivity index (χ3v) is 5.24. The molecule has 7 heteroatoms. The fourth-order valence-electron chi connectivity index (χ4n) is 3.66. The molecule has 0 aliphatic carbocycles. The van der Waals surface area contributed by atoms with Crippen molar-refractivity contribution in [3.05, 3.63) is 59.2 Å². The quantitative estimate of drug-likeness (QED) is 0.591. The first-order valence-corrected chi connectivity index (χ1v) is 9.43. The lowest BCUT2D eigenvalue weighted by Gasteiger charge is -2.12. The summed E-state index contributed by atoms with van der Waals surface area (Å²) in [6.07, 6.45) is 0.491. The third kappa shape index (κ3) is 3.48. The molecule has 28 heavy (non-hydrogen) atoms. The molecule has 1 aliphatic rings. The van der Waals surface area contributed by atoms with Crippen LogP contribution >= 0.6 is 11.6 Å². The number of amides is 1. The number of halogens is 1. The van der Waals surface area contributed by atoms with Crippen molar-refractivity contribution in [3.8, 4) is 11.1 Å². The van der Waals surface area contributed by atoms with E-state index >= 15 is 0 Å². The van der Waals surface area contributed by atoms with Gasteiger partial charge >= 0.3 is 5.97 Å². The number of hydrogen-bond donors (Lipinski definition) is 3. The van der Waals surface area contributed by atoms with Gasteiger partial charge in [0, 0.05) is 34.1 Å². The first-order valence-electron chi connectivity index (χ1n) is 9.05. The van der Waals surface area contributed by atoms with Crippen LogP contribution in [0, 0.1) is 0 Å². The predicted octanol–water partition coefficient (Wildman–Crippen LogP) is 3.12.